The molecule has 3 heteroatoms. The molecule has 0 spiro atoms. The third kappa shape index (κ3) is 1.65. The van der Waals surface area contributed by atoms with Crippen LogP contribution in [-0.2, 0) is 0 Å². The van der Waals surface area contributed by atoms with Crippen molar-refractivity contribution in [1.82, 2.24) is 0 Å². The molecule has 0 bridgehead atoms. The molecule has 1 aromatic carbocycles. The van der Waals surface area contributed by atoms with E-state index < -0.39 is 0 Å². The van der Waals surface area contributed by atoms with Crippen molar-refractivity contribution in [2.45, 2.75) is 27.1 Å². The van der Waals surface area contributed by atoms with Crippen LogP contribution in [0.1, 0.15) is 20.8 Å². The van der Waals surface area contributed by atoms with E-state index in [1.54, 1.807) is 6.26 Å². The first-order valence-corrected chi connectivity index (χ1v) is 5.17. The Bertz CT molecular complexity index is 419. The first-order valence-electron chi connectivity index (χ1n) is 5.17. The summed E-state index contributed by atoms with van der Waals surface area (Å²) in [4.78, 5) is 0. The second-order valence-corrected chi connectivity index (χ2v) is 3.06. The third-order valence-corrected chi connectivity index (χ3v) is 2.10. The van der Waals surface area contributed by atoms with Crippen molar-refractivity contribution in [3.63, 3.8) is 0 Å². The summed E-state index contributed by atoms with van der Waals surface area (Å²) >= 11 is 0. The Morgan fingerprint density at radius 2 is 1.73 bits per heavy atom. The molecule has 0 saturated carbocycles. The Hall–Kier alpha value is -1.64. The van der Waals surface area contributed by atoms with Gasteiger partial charge >= 0.3 is 0 Å². The highest BCUT2D eigenvalue weighted by molar-refractivity contribution is 5.81. The van der Waals surface area contributed by atoms with Crippen LogP contribution in [0.15, 0.2) is 28.9 Å². The smallest absolute Gasteiger partial charge is 0.238 e. The molecule has 0 fully saturated rings. The summed E-state index contributed by atoms with van der Waals surface area (Å²) in [5.74, 6) is 1.55. The summed E-state index contributed by atoms with van der Waals surface area (Å²) in [6.07, 6.45) is 1.46. The van der Waals surface area contributed by atoms with Gasteiger partial charge in [-0.25, -0.2) is 0 Å². The van der Waals surface area contributed by atoms with Crippen molar-refractivity contribution in [3.05, 3.63) is 24.5 Å². The molecular weight excluding hydrogens is 192 g/mol. The van der Waals surface area contributed by atoms with Crippen LogP contribution in [0.2, 0.25) is 0 Å². The van der Waals surface area contributed by atoms with E-state index >= 15 is 0 Å². The van der Waals surface area contributed by atoms with E-state index in [4.69, 9.17) is 13.9 Å². The van der Waals surface area contributed by atoms with Gasteiger partial charge in [-0.05, 0) is 12.1 Å². The zero-order valence-electron chi connectivity index (χ0n) is 9.11. The van der Waals surface area contributed by atoms with Gasteiger partial charge in [0.05, 0.1) is 6.26 Å². The SMILES string of the molecule is CC.CC1Oc2cc3ccoc3cc2O1. The van der Waals surface area contributed by atoms with Gasteiger partial charge in [0.15, 0.2) is 11.5 Å². The lowest BCUT2D eigenvalue weighted by Gasteiger charge is -1.99. The highest BCUT2D eigenvalue weighted by Gasteiger charge is 2.21. The fourth-order valence-corrected chi connectivity index (χ4v) is 1.54. The number of ether oxygens (including phenoxy) is 2. The molecule has 1 unspecified atom stereocenters. The van der Waals surface area contributed by atoms with Crippen molar-refractivity contribution in [1.29, 1.82) is 0 Å². The summed E-state index contributed by atoms with van der Waals surface area (Å²) in [5, 5.41) is 1.04. The van der Waals surface area contributed by atoms with Crippen LogP contribution in [0.4, 0.5) is 0 Å². The molecule has 1 aliphatic heterocycles. The van der Waals surface area contributed by atoms with Crippen LogP contribution in [0.3, 0.4) is 0 Å². The molecule has 0 amide bonds. The van der Waals surface area contributed by atoms with Gasteiger partial charge in [-0.3, -0.25) is 0 Å². The lowest BCUT2D eigenvalue weighted by molar-refractivity contribution is 0.0679. The van der Waals surface area contributed by atoms with E-state index in [-0.39, 0.29) is 6.29 Å². The Balaban J connectivity index is 0.000000404. The second-order valence-electron chi connectivity index (χ2n) is 3.06. The standard InChI is InChI=1S/C10H8O3.C2H6/c1-6-12-9-4-7-2-3-11-8(7)5-10(9)13-6;1-2/h2-6H,1H3;1-2H3. The third-order valence-electron chi connectivity index (χ3n) is 2.10. The minimum absolute atomic E-state index is 0.193. The lowest BCUT2D eigenvalue weighted by atomic mass is 10.2. The summed E-state index contributed by atoms with van der Waals surface area (Å²) in [6.45, 7) is 5.86. The minimum Gasteiger partial charge on any atom is -0.464 e. The topological polar surface area (TPSA) is 31.6 Å². The molecule has 3 rings (SSSR count). The van der Waals surface area contributed by atoms with Crippen molar-refractivity contribution >= 4 is 11.0 Å². The molecule has 0 radical (unpaired) electrons. The fourth-order valence-electron chi connectivity index (χ4n) is 1.54. The maximum atomic E-state index is 5.42. The summed E-state index contributed by atoms with van der Waals surface area (Å²) in [5.41, 5.74) is 0.830. The highest BCUT2D eigenvalue weighted by Crippen LogP contribution is 2.38. The highest BCUT2D eigenvalue weighted by atomic mass is 16.7. The van der Waals surface area contributed by atoms with Crippen LogP contribution in [0, 0.1) is 0 Å². The zero-order valence-corrected chi connectivity index (χ0v) is 9.11. The zero-order chi connectivity index (χ0) is 10.8. The van der Waals surface area contributed by atoms with E-state index in [0.29, 0.717) is 0 Å². The largest absolute Gasteiger partial charge is 0.464 e. The average Bonchev–Trinajstić information content (AvgIpc) is 2.81. The van der Waals surface area contributed by atoms with Gasteiger partial charge in [0, 0.05) is 18.4 Å². The lowest BCUT2D eigenvalue weighted by Crippen LogP contribution is -2.11. The predicted octanol–water partition coefficient (Wildman–Crippen LogP) is 3.58. The summed E-state index contributed by atoms with van der Waals surface area (Å²) < 4.78 is 16.1. The van der Waals surface area contributed by atoms with Gasteiger partial charge in [0.2, 0.25) is 6.29 Å². The number of hydrogen-bond acceptors (Lipinski definition) is 3. The molecule has 1 aliphatic rings. The number of furan rings is 1. The monoisotopic (exact) mass is 206 g/mol. The molecule has 80 valence electrons. The Morgan fingerprint density at radius 3 is 2.47 bits per heavy atom. The van der Waals surface area contributed by atoms with E-state index in [2.05, 4.69) is 0 Å². The maximum absolute atomic E-state index is 5.42. The van der Waals surface area contributed by atoms with E-state index in [1.165, 1.54) is 0 Å². The first-order chi connectivity index (χ1) is 7.33. The molecule has 0 N–H and O–H groups in total. The second kappa shape index (κ2) is 3.85. The Labute approximate surface area is 88.6 Å². The number of rotatable bonds is 0. The summed E-state index contributed by atoms with van der Waals surface area (Å²) in [7, 11) is 0. The number of fused-ring (bicyclic) bond motifs is 2. The molecule has 3 nitrogen and oxygen atoms in total. The van der Waals surface area contributed by atoms with Crippen LogP contribution in [0.25, 0.3) is 11.0 Å². The molecule has 2 aromatic rings. The van der Waals surface area contributed by atoms with Crippen molar-refractivity contribution in [2.75, 3.05) is 0 Å². The predicted molar refractivity (Wildman–Crippen MR) is 58.3 cm³/mol. The normalized spacial score (nSPS) is 17.4. The van der Waals surface area contributed by atoms with Crippen LogP contribution >= 0.6 is 0 Å². The van der Waals surface area contributed by atoms with E-state index in [0.717, 1.165) is 22.5 Å². The van der Waals surface area contributed by atoms with Crippen molar-refractivity contribution in [3.8, 4) is 11.5 Å². The first kappa shape index (κ1) is 9.90. The van der Waals surface area contributed by atoms with E-state index in [1.807, 2.05) is 39.0 Å². The quantitative estimate of drug-likeness (QED) is 0.660. The van der Waals surface area contributed by atoms with E-state index in [9.17, 15) is 0 Å². The molecule has 15 heavy (non-hydrogen) atoms. The Morgan fingerprint density at radius 1 is 1.07 bits per heavy atom. The van der Waals surface area contributed by atoms with Gasteiger partial charge in [0.25, 0.3) is 0 Å². The van der Waals surface area contributed by atoms with Gasteiger partial charge in [0.1, 0.15) is 5.58 Å². The molecule has 0 saturated heterocycles. The molecule has 1 atom stereocenters. The fraction of sp³-hybridized carbons (Fsp3) is 0.333. The molecule has 1 aromatic heterocycles. The van der Waals surface area contributed by atoms with Crippen LogP contribution < -0.4 is 9.47 Å². The van der Waals surface area contributed by atoms with Crippen LogP contribution in [0.5, 0.6) is 11.5 Å². The average molecular weight is 206 g/mol. The van der Waals surface area contributed by atoms with Gasteiger partial charge in [-0.15, -0.1) is 0 Å². The van der Waals surface area contributed by atoms with Gasteiger partial charge in [-0.1, -0.05) is 13.8 Å². The van der Waals surface area contributed by atoms with Crippen molar-refractivity contribution < 1.29 is 13.9 Å². The molecule has 2 heterocycles. The number of benzene rings is 1. The number of hydrogen-bond donors (Lipinski definition) is 0. The molecular formula is C12H14O3. The molecule has 0 aliphatic carbocycles. The summed E-state index contributed by atoms with van der Waals surface area (Å²) in [6, 6.07) is 5.69. The van der Waals surface area contributed by atoms with Gasteiger partial charge in [-0.2, -0.15) is 0 Å². The van der Waals surface area contributed by atoms with Crippen LogP contribution in [-0.4, -0.2) is 6.29 Å². The minimum atomic E-state index is -0.193. The Kier molecular flexibility index (Phi) is 2.54. The maximum Gasteiger partial charge on any atom is 0.238 e. The van der Waals surface area contributed by atoms with Crippen molar-refractivity contribution in [2.24, 2.45) is 0 Å². The van der Waals surface area contributed by atoms with Gasteiger partial charge < -0.3 is 13.9 Å².